The lowest BCUT2D eigenvalue weighted by Gasteiger charge is -2.51. The lowest BCUT2D eigenvalue weighted by Crippen LogP contribution is -2.69. The van der Waals surface area contributed by atoms with E-state index in [-0.39, 0.29) is 0 Å². The molecule has 24 aliphatic heterocycles. The zero-order chi connectivity index (χ0) is 64.1. The molecule has 0 aromatic heterocycles. The van der Waals surface area contributed by atoms with Crippen molar-refractivity contribution >= 4 is 0 Å². The molecule has 0 aromatic rings. The molecule has 40 nitrogen and oxygen atoms in total. The predicted molar refractivity (Wildman–Crippen MR) is 261 cm³/mol. The predicted octanol–water partition coefficient (Wildman–Crippen LogP) is -17.4. The van der Waals surface area contributed by atoms with Crippen molar-refractivity contribution in [1.82, 2.24) is 0 Å². The third-order valence-corrected chi connectivity index (χ3v) is 16.9. The zero-order valence-corrected chi connectivity index (χ0v) is 46.0. The van der Waals surface area contributed by atoms with Crippen molar-refractivity contribution in [3.05, 3.63) is 0 Å². The van der Waals surface area contributed by atoms with Crippen LogP contribution in [0.4, 0.5) is 0 Å². The Bertz CT molecular complexity index is 2130. The van der Waals surface area contributed by atoms with Crippen LogP contribution in [-0.2, 0) is 75.8 Å². The van der Waals surface area contributed by atoms with Gasteiger partial charge in [-0.2, -0.15) is 0 Å². The molecule has 0 aromatic carbocycles. The second-order valence-corrected chi connectivity index (χ2v) is 22.5. The smallest absolute Gasteiger partial charge is 0.187 e. The van der Waals surface area contributed by atoms with Crippen molar-refractivity contribution in [3.8, 4) is 0 Å². The average Bonchev–Trinajstić information content (AvgIpc) is 1.80. The van der Waals surface area contributed by atoms with Gasteiger partial charge in [-0.3, -0.25) is 0 Å². The molecule has 4 unspecified atom stereocenters. The third-order valence-electron chi connectivity index (χ3n) is 16.9. The van der Waals surface area contributed by atoms with Gasteiger partial charge in [0.25, 0.3) is 0 Å². The summed E-state index contributed by atoms with van der Waals surface area (Å²) in [6.07, 6.45) is -82.0. The van der Waals surface area contributed by atoms with E-state index in [1.165, 1.54) is 0 Å². The molecule has 0 aliphatic carbocycles. The first-order chi connectivity index (χ1) is 41.9. The Hall–Kier alpha value is -1.60. The van der Waals surface area contributed by atoms with Crippen molar-refractivity contribution in [2.45, 2.75) is 246 Å². The van der Waals surface area contributed by atoms with Crippen molar-refractivity contribution in [2.75, 3.05) is 52.9 Å². The Morgan fingerprint density at radius 2 is 0.455 bits per heavy atom. The summed E-state index contributed by atoms with van der Waals surface area (Å²) in [6.45, 7) is -8.43. The molecule has 88 heavy (non-hydrogen) atoms. The van der Waals surface area contributed by atoms with Crippen LogP contribution in [0.2, 0.25) is 0 Å². The number of hydrogen-bond acceptors (Lipinski definition) is 40. The summed E-state index contributed by atoms with van der Waals surface area (Å²) in [6, 6.07) is 0. The second-order valence-electron chi connectivity index (χ2n) is 22.5. The molecule has 24 aliphatic rings. The molecule has 40 atom stereocenters. The van der Waals surface area contributed by atoms with Crippen LogP contribution in [0, 0.1) is 0 Å². The van der Waals surface area contributed by atoms with Crippen LogP contribution in [-0.4, -0.2) is 421 Å². The molecule has 12 bridgehead atoms. The fourth-order valence-corrected chi connectivity index (χ4v) is 11.8. The van der Waals surface area contributed by atoms with E-state index in [1.807, 2.05) is 0 Å². The molecule has 24 N–H and O–H groups in total. The van der Waals surface area contributed by atoms with Gasteiger partial charge >= 0.3 is 0 Å². The van der Waals surface area contributed by atoms with Gasteiger partial charge in [0.05, 0.1) is 52.9 Å². The van der Waals surface area contributed by atoms with E-state index in [4.69, 9.17) is 75.8 Å². The van der Waals surface area contributed by atoms with Crippen molar-refractivity contribution in [3.63, 3.8) is 0 Å². The van der Waals surface area contributed by atoms with Gasteiger partial charge in [-0.1, -0.05) is 0 Å². The Morgan fingerprint density at radius 1 is 0.205 bits per heavy atom. The molecule has 24 fully saturated rings. The summed E-state index contributed by atoms with van der Waals surface area (Å²) in [4.78, 5) is 0. The molecule has 40 heteroatoms. The number of aliphatic hydroxyl groups excluding tert-OH is 24. The monoisotopic (exact) mass is 1300 g/mol. The first kappa shape index (κ1) is 70.7. The minimum Gasteiger partial charge on any atom is -0.394 e. The highest BCUT2D eigenvalue weighted by Gasteiger charge is 2.60. The van der Waals surface area contributed by atoms with Gasteiger partial charge in [0, 0.05) is 0 Å². The van der Waals surface area contributed by atoms with Gasteiger partial charge in [0.1, 0.15) is 195 Å². The molecular formula is C48H80O40. The van der Waals surface area contributed by atoms with E-state index in [0.717, 1.165) is 0 Å². The summed E-state index contributed by atoms with van der Waals surface area (Å²) in [5.41, 5.74) is 0. The highest BCUT2D eigenvalue weighted by atomic mass is 16.8. The first-order valence-corrected chi connectivity index (χ1v) is 28.1. The topological polar surface area (TPSA) is 633 Å². The molecule has 0 saturated carbocycles. The van der Waals surface area contributed by atoms with Crippen LogP contribution in [0.1, 0.15) is 0 Å². The summed E-state index contributed by atoms with van der Waals surface area (Å²) >= 11 is 0. The van der Waals surface area contributed by atoms with Crippen LogP contribution in [0.25, 0.3) is 0 Å². The standard InChI is InChI=1S/C48H80O40/c49-1-9-17(56)18(57)26(65)42(74-9)82-34-10(2-50)75-41(27(66)19(34)58)73-8-16-40-25(64)33(72)48(81-16)87-39-15(7-55)79-46(31(70)23(39)62)85-37-13(5-53)77-44(29(68)21(37)60)83-35-11(3-51)76-43(28(67)20(35)59)84-36-12(4-52)78-45(30(69)22(36)61)86-38-14(6-54)80-47(88-40)32(71)24(38)63/h9-72H,1-8H2/t9-,10-,11-,12-,13-,14-,15-,16-,17-,18+,19-,20-,21-,22-,23-,24-,25-,26-,27-,28-,29-,30-,31-,32-,33-,34-,35-,36-,37-,38-,39-,40-,41+,42-,43?,44?,45?,46?,47-,48-/m1/s1. The van der Waals surface area contributed by atoms with E-state index in [1.54, 1.807) is 0 Å². The van der Waals surface area contributed by atoms with E-state index in [9.17, 15) is 123 Å². The molecule has 24 saturated heterocycles. The fourth-order valence-electron chi connectivity index (χ4n) is 11.8. The molecule has 0 radical (unpaired) electrons. The normalized spacial score (nSPS) is 55.1. The average molecular weight is 1300 g/mol. The maximum Gasteiger partial charge on any atom is 0.187 e. The SMILES string of the molecule is OC[C@H]1O[C@H](O[C@H]2[C@H](O)[C@@H](O)[C@@H](OC[C@H]3O[C@@H]4O[C@H]5[C@H](O)[C@@H](O)C(O[C@H]6[C@H](O)[C@@H](O)C(O[C@H]7[C@H](O)[C@@H](O)C(O[C@H]8[C@H](O)[C@@H](O)C(O[C@H]9[C@H](O)[C@@H](O)[C@@H](O[C@H]3[C@H](O)[C@H]4O)O[C@@H]9CO)O[C@@H]8CO)O[C@@H]7CO)O[C@@H]6CO)O[C@@H]5CO)O[C@@H]2CO)[C@H](O)[C@@H](O)[C@@H]1O. The second kappa shape index (κ2) is 30.0. The number of aliphatic hydroxyl groups is 24. The number of ether oxygens (including phenoxy) is 16. The van der Waals surface area contributed by atoms with Crippen molar-refractivity contribution in [2.24, 2.45) is 0 Å². The molecule has 0 spiro atoms. The largest absolute Gasteiger partial charge is 0.394 e. The molecule has 512 valence electrons. The molecule has 0 amide bonds. The lowest BCUT2D eigenvalue weighted by molar-refractivity contribution is -0.405. The summed E-state index contributed by atoms with van der Waals surface area (Å²) in [5, 5.41) is 264. The number of hydrogen-bond donors (Lipinski definition) is 24. The summed E-state index contributed by atoms with van der Waals surface area (Å²) < 4.78 is 91.7. The van der Waals surface area contributed by atoms with Crippen LogP contribution in [0.5, 0.6) is 0 Å². The van der Waals surface area contributed by atoms with Gasteiger partial charge in [0.15, 0.2) is 50.3 Å². The molecule has 24 heterocycles. The van der Waals surface area contributed by atoms with Gasteiger partial charge < -0.3 is 198 Å². The Kier molecular flexibility index (Phi) is 24.1. The Morgan fingerprint density at radius 3 is 0.739 bits per heavy atom. The van der Waals surface area contributed by atoms with Crippen LogP contribution < -0.4 is 0 Å². The summed E-state index contributed by atoms with van der Waals surface area (Å²) in [5.74, 6) is 0. The van der Waals surface area contributed by atoms with Gasteiger partial charge in [-0.25, -0.2) is 0 Å². The van der Waals surface area contributed by atoms with Crippen molar-refractivity contribution in [1.29, 1.82) is 0 Å². The quantitative estimate of drug-likeness (QED) is 0.0863. The Balaban J connectivity index is 1.00. The zero-order valence-electron chi connectivity index (χ0n) is 46.0. The minimum atomic E-state index is -2.37. The third kappa shape index (κ3) is 13.9. The van der Waals surface area contributed by atoms with Crippen LogP contribution in [0.3, 0.4) is 0 Å². The van der Waals surface area contributed by atoms with Gasteiger partial charge in [0.2, 0.25) is 0 Å². The van der Waals surface area contributed by atoms with E-state index < -0.39 is 299 Å². The fraction of sp³-hybridized carbons (Fsp3) is 1.00. The van der Waals surface area contributed by atoms with Gasteiger partial charge in [-0.05, 0) is 0 Å². The maximum absolute atomic E-state index is 11.9. The van der Waals surface area contributed by atoms with Gasteiger partial charge in [-0.15, -0.1) is 0 Å². The van der Waals surface area contributed by atoms with Crippen LogP contribution >= 0.6 is 0 Å². The molecular weight excluding hydrogens is 1220 g/mol. The highest BCUT2D eigenvalue weighted by molar-refractivity contribution is 5.02. The summed E-state index contributed by atoms with van der Waals surface area (Å²) in [7, 11) is 0. The van der Waals surface area contributed by atoms with E-state index in [0.29, 0.717) is 0 Å². The molecule has 24 rings (SSSR count). The maximum atomic E-state index is 11.9. The van der Waals surface area contributed by atoms with Crippen LogP contribution in [0.15, 0.2) is 0 Å². The number of rotatable bonds is 12. The lowest BCUT2D eigenvalue weighted by atomic mass is 9.94. The van der Waals surface area contributed by atoms with E-state index in [2.05, 4.69) is 0 Å². The first-order valence-electron chi connectivity index (χ1n) is 28.1. The minimum absolute atomic E-state index is 0.886. The van der Waals surface area contributed by atoms with Crippen molar-refractivity contribution < 1.29 is 198 Å². The van der Waals surface area contributed by atoms with E-state index >= 15 is 0 Å². The highest BCUT2D eigenvalue weighted by Crippen LogP contribution is 2.39. The Labute approximate surface area is 496 Å².